The van der Waals surface area contributed by atoms with Crippen molar-refractivity contribution in [2.24, 2.45) is 11.8 Å². The fourth-order valence-corrected chi connectivity index (χ4v) is 7.38. The SMILES string of the molecule is CCC(=O)O[C@@H]1CC(=O)O[C@H](C)C/C=C/C=C/[C@H](O)[C@H](C)C[C@H](CC=O)[C@H](O[C@@H]2O[C@H](C)[C@@H](O[C@H]3C[C@@](C)(O)[C@@H](O)[C@H](C)O3)[C@H](N(C)C)[C@H]2O)C1OC. The van der Waals surface area contributed by atoms with E-state index in [0.717, 1.165) is 6.29 Å². The zero-order chi connectivity index (χ0) is 39.6. The number of allylic oxidation sites excluding steroid dienone is 2. The number of aldehydes is 1. The largest absolute Gasteiger partial charge is 0.462 e. The van der Waals surface area contributed by atoms with Gasteiger partial charge in [0.1, 0.15) is 42.9 Å². The standard InChI is InChI=1S/C38H63NO14/c1-10-28(42)51-27-19-29(43)48-22(3)14-12-11-13-15-26(41)21(2)18-25(16-17-40)34(35(27)47-9)53-37-32(44)31(39(7)8)33(23(4)50-37)52-30-20-38(6,46)36(45)24(5)49-30/h11-13,15,17,21-27,30-37,41,44-46H,10,14,16,18-20H2,1-9H3/b12-11+,15-13+/t21-,22-,23-,24+,25+,26+,27-,30+,31-,32-,33-,34+,35?,36+,37+,38-/m1/s1. The van der Waals surface area contributed by atoms with Gasteiger partial charge in [-0.15, -0.1) is 0 Å². The molecule has 15 heteroatoms. The lowest BCUT2D eigenvalue weighted by molar-refractivity contribution is -0.344. The first-order valence-electron chi connectivity index (χ1n) is 18.7. The molecule has 0 saturated carbocycles. The maximum atomic E-state index is 13.3. The van der Waals surface area contributed by atoms with Crippen molar-refractivity contribution in [1.82, 2.24) is 4.90 Å². The van der Waals surface area contributed by atoms with E-state index in [1.165, 1.54) is 14.0 Å². The zero-order valence-electron chi connectivity index (χ0n) is 32.6. The molecular weight excluding hydrogens is 694 g/mol. The molecule has 0 amide bonds. The van der Waals surface area contributed by atoms with Crippen LogP contribution in [-0.4, -0.2) is 150 Å². The number of hydrogen-bond acceptors (Lipinski definition) is 15. The molecule has 0 bridgehead atoms. The first-order valence-corrected chi connectivity index (χ1v) is 18.7. The van der Waals surface area contributed by atoms with Crippen LogP contribution >= 0.6 is 0 Å². The minimum Gasteiger partial charge on any atom is -0.462 e. The number of ether oxygens (including phenoxy) is 7. The molecule has 0 aromatic heterocycles. The molecule has 0 radical (unpaired) electrons. The smallest absolute Gasteiger partial charge is 0.309 e. The summed E-state index contributed by atoms with van der Waals surface area (Å²) in [5.74, 6) is -2.31. The average molecular weight is 758 g/mol. The van der Waals surface area contributed by atoms with Crippen molar-refractivity contribution >= 4 is 18.2 Å². The van der Waals surface area contributed by atoms with E-state index >= 15 is 0 Å². The molecule has 0 aromatic carbocycles. The first kappa shape index (κ1) is 45.1. The summed E-state index contributed by atoms with van der Waals surface area (Å²) in [7, 11) is 4.87. The summed E-state index contributed by atoms with van der Waals surface area (Å²) in [6, 6.07) is -0.750. The Hall–Kier alpha value is -2.31. The predicted octanol–water partition coefficient (Wildman–Crippen LogP) is 1.81. The van der Waals surface area contributed by atoms with Gasteiger partial charge in [-0.2, -0.15) is 0 Å². The van der Waals surface area contributed by atoms with Crippen molar-refractivity contribution in [3.8, 4) is 0 Å². The van der Waals surface area contributed by atoms with Crippen molar-refractivity contribution in [2.75, 3.05) is 21.2 Å². The molecule has 1 unspecified atom stereocenters. The van der Waals surface area contributed by atoms with Crippen LogP contribution in [0.3, 0.4) is 0 Å². The number of aliphatic hydroxyl groups excluding tert-OH is 3. The maximum Gasteiger partial charge on any atom is 0.309 e. The van der Waals surface area contributed by atoms with Crippen molar-refractivity contribution in [3.05, 3.63) is 24.3 Å². The highest BCUT2D eigenvalue weighted by Crippen LogP contribution is 2.37. The number of aliphatic hydroxyl groups is 4. The van der Waals surface area contributed by atoms with Crippen molar-refractivity contribution < 1.29 is 68.0 Å². The molecule has 304 valence electrons. The van der Waals surface area contributed by atoms with Gasteiger partial charge in [-0.25, -0.2) is 0 Å². The number of hydrogen-bond donors (Lipinski definition) is 4. The summed E-state index contributed by atoms with van der Waals surface area (Å²) in [6.07, 6.45) is -4.13. The first-order chi connectivity index (χ1) is 24.9. The van der Waals surface area contributed by atoms with E-state index in [9.17, 15) is 34.8 Å². The van der Waals surface area contributed by atoms with Gasteiger partial charge in [-0.3, -0.25) is 9.59 Å². The number of esters is 2. The molecule has 16 atom stereocenters. The Kier molecular flexibility index (Phi) is 17.5. The summed E-state index contributed by atoms with van der Waals surface area (Å²) >= 11 is 0. The van der Waals surface area contributed by atoms with Gasteiger partial charge in [0.2, 0.25) is 0 Å². The van der Waals surface area contributed by atoms with Gasteiger partial charge >= 0.3 is 11.9 Å². The normalized spacial score (nSPS) is 43.4. The van der Waals surface area contributed by atoms with E-state index < -0.39 is 109 Å². The molecule has 3 aliphatic heterocycles. The summed E-state index contributed by atoms with van der Waals surface area (Å²) < 4.78 is 42.6. The van der Waals surface area contributed by atoms with Gasteiger partial charge in [0.25, 0.3) is 0 Å². The van der Waals surface area contributed by atoms with Crippen LogP contribution < -0.4 is 0 Å². The number of nitrogens with zero attached hydrogens (tertiary/aromatic N) is 1. The molecule has 3 aliphatic rings. The summed E-state index contributed by atoms with van der Waals surface area (Å²) in [6.45, 7) is 10.0. The molecule has 15 nitrogen and oxygen atoms in total. The lowest BCUT2D eigenvalue weighted by atomic mass is 9.82. The summed E-state index contributed by atoms with van der Waals surface area (Å²) in [5, 5.41) is 44.2. The highest BCUT2D eigenvalue weighted by Gasteiger charge is 2.52. The van der Waals surface area contributed by atoms with Gasteiger partial charge in [0.05, 0.1) is 42.5 Å². The number of carbonyl (C=O) groups excluding carboxylic acids is 3. The van der Waals surface area contributed by atoms with E-state index in [2.05, 4.69) is 0 Å². The lowest BCUT2D eigenvalue weighted by Gasteiger charge is -2.50. The monoisotopic (exact) mass is 757 g/mol. The maximum absolute atomic E-state index is 13.3. The van der Waals surface area contributed by atoms with Gasteiger partial charge in [0, 0.05) is 32.8 Å². The Balaban J connectivity index is 2.04. The Morgan fingerprint density at radius 3 is 2.34 bits per heavy atom. The lowest BCUT2D eigenvalue weighted by Crippen LogP contribution is -2.65. The van der Waals surface area contributed by atoms with Crippen LogP contribution in [0.1, 0.15) is 80.1 Å². The molecular formula is C38H63NO14. The Morgan fingerprint density at radius 1 is 1.04 bits per heavy atom. The number of likely N-dealkylation sites (N-methyl/N-ethyl adjacent to an activating group) is 1. The van der Waals surface area contributed by atoms with E-state index in [1.54, 1.807) is 64.9 Å². The van der Waals surface area contributed by atoms with Gasteiger partial charge in [0.15, 0.2) is 12.6 Å². The van der Waals surface area contributed by atoms with Crippen LogP contribution in [0.15, 0.2) is 24.3 Å². The Morgan fingerprint density at radius 2 is 1.74 bits per heavy atom. The fourth-order valence-electron chi connectivity index (χ4n) is 7.38. The van der Waals surface area contributed by atoms with E-state index in [1.807, 2.05) is 13.0 Å². The average Bonchev–Trinajstić information content (AvgIpc) is 3.07. The third-order valence-electron chi connectivity index (χ3n) is 10.4. The molecule has 0 aromatic rings. The minimum absolute atomic E-state index is 0.00772. The molecule has 0 spiro atoms. The molecule has 2 saturated heterocycles. The third kappa shape index (κ3) is 12.3. The van der Waals surface area contributed by atoms with Crippen molar-refractivity contribution in [3.63, 3.8) is 0 Å². The summed E-state index contributed by atoms with van der Waals surface area (Å²) in [5.41, 5.74) is -1.48. The second kappa shape index (κ2) is 20.6. The molecule has 0 aliphatic carbocycles. The highest BCUT2D eigenvalue weighted by atomic mass is 16.7. The second-order valence-electron chi connectivity index (χ2n) is 15.1. The molecule has 53 heavy (non-hydrogen) atoms. The van der Waals surface area contributed by atoms with Crippen molar-refractivity contribution in [1.29, 1.82) is 0 Å². The number of rotatable bonds is 10. The van der Waals surface area contributed by atoms with Crippen LogP contribution in [0, 0.1) is 11.8 Å². The van der Waals surface area contributed by atoms with Crippen LogP contribution in [0.4, 0.5) is 0 Å². The van der Waals surface area contributed by atoms with Crippen molar-refractivity contribution in [2.45, 2.75) is 165 Å². The van der Waals surface area contributed by atoms with E-state index in [4.69, 9.17) is 33.2 Å². The third-order valence-corrected chi connectivity index (χ3v) is 10.4. The topological polar surface area (TPSA) is 200 Å². The van der Waals surface area contributed by atoms with E-state index in [-0.39, 0.29) is 32.1 Å². The number of methoxy groups -OCH3 is 1. The van der Waals surface area contributed by atoms with Gasteiger partial charge in [-0.1, -0.05) is 38.2 Å². The van der Waals surface area contributed by atoms with Gasteiger partial charge in [-0.05, 0) is 60.0 Å². The van der Waals surface area contributed by atoms with Crippen LogP contribution in [0.2, 0.25) is 0 Å². The minimum atomic E-state index is -1.48. The predicted molar refractivity (Wildman–Crippen MR) is 191 cm³/mol. The summed E-state index contributed by atoms with van der Waals surface area (Å²) in [4.78, 5) is 40.0. The molecule has 3 rings (SSSR count). The Labute approximate surface area is 313 Å². The van der Waals surface area contributed by atoms with Gasteiger partial charge < -0.3 is 63.3 Å². The number of carbonyl (C=O) groups is 3. The quantitative estimate of drug-likeness (QED) is 0.186. The fraction of sp³-hybridized carbons (Fsp3) is 0.816. The molecule has 4 N–H and O–H groups in total. The molecule has 3 heterocycles. The van der Waals surface area contributed by atoms with Crippen LogP contribution in [0.5, 0.6) is 0 Å². The van der Waals surface area contributed by atoms with Crippen LogP contribution in [-0.2, 0) is 47.5 Å². The highest BCUT2D eigenvalue weighted by molar-refractivity contribution is 5.72. The zero-order valence-corrected chi connectivity index (χ0v) is 32.6. The van der Waals surface area contributed by atoms with Crippen LogP contribution in [0.25, 0.3) is 0 Å². The Bertz CT molecular complexity index is 1230. The van der Waals surface area contributed by atoms with E-state index in [0.29, 0.717) is 6.42 Å². The molecule has 2 fully saturated rings. The number of cyclic esters (lactones) is 1. The second-order valence-corrected chi connectivity index (χ2v) is 15.1.